The normalized spacial score (nSPS) is 13.6. The van der Waals surface area contributed by atoms with Crippen LogP contribution in [0.15, 0.2) is 0 Å². The molecule has 0 aliphatic carbocycles. The molecule has 8 heteroatoms. The maximum atomic E-state index is 11.5. The molecule has 2 atom stereocenters. The van der Waals surface area contributed by atoms with Gasteiger partial charge in [-0.25, -0.2) is 0 Å². The molecule has 2 amide bonds. The lowest BCUT2D eigenvalue weighted by Gasteiger charge is -2.11. The van der Waals surface area contributed by atoms with Crippen LogP contribution >= 0.6 is 0 Å². The van der Waals surface area contributed by atoms with Crippen LogP contribution in [-0.2, 0) is 14.4 Å². The molecule has 0 saturated carbocycles. The number of carbonyl (C=O) groups excluding carboxylic acids is 2. The van der Waals surface area contributed by atoms with Crippen molar-refractivity contribution in [2.75, 3.05) is 6.54 Å². The highest BCUT2D eigenvalue weighted by Crippen LogP contribution is 1.99. The number of amides is 2. The summed E-state index contributed by atoms with van der Waals surface area (Å²) in [5.41, 5.74) is 15.8. The van der Waals surface area contributed by atoms with E-state index >= 15 is 0 Å². The van der Waals surface area contributed by atoms with E-state index in [1.54, 1.807) is 0 Å². The topological polar surface area (TPSA) is 162 Å². The predicted molar refractivity (Wildman–Crippen MR) is 68.9 cm³/mol. The van der Waals surface area contributed by atoms with Crippen molar-refractivity contribution in [2.24, 2.45) is 17.2 Å². The van der Waals surface area contributed by atoms with Gasteiger partial charge in [0.15, 0.2) is 0 Å². The van der Waals surface area contributed by atoms with Gasteiger partial charge < -0.3 is 27.6 Å². The van der Waals surface area contributed by atoms with Crippen molar-refractivity contribution in [3.05, 3.63) is 0 Å². The molecule has 0 aromatic rings. The molecule has 0 aliphatic rings. The van der Waals surface area contributed by atoms with E-state index in [9.17, 15) is 14.4 Å². The number of primary amides is 1. The van der Waals surface area contributed by atoms with Crippen LogP contribution in [0, 0.1) is 0 Å². The first kappa shape index (κ1) is 17.3. The second kappa shape index (κ2) is 9.29. The number of rotatable bonds is 10. The number of hydrogen-bond donors (Lipinski definition) is 5. The van der Waals surface area contributed by atoms with Gasteiger partial charge in [-0.3, -0.25) is 14.4 Å². The van der Waals surface area contributed by atoms with Crippen molar-refractivity contribution in [1.29, 1.82) is 0 Å². The van der Waals surface area contributed by atoms with Gasteiger partial charge in [0.05, 0.1) is 6.04 Å². The third kappa shape index (κ3) is 8.97. The maximum absolute atomic E-state index is 11.5. The summed E-state index contributed by atoms with van der Waals surface area (Å²) in [5, 5.41) is 11.2. The molecule has 19 heavy (non-hydrogen) atoms. The largest absolute Gasteiger partial charge is 0.480 e. The molecule has 8 nitrogen and oxygen atoms in total. The number of carboxylic acids is 1. The van der Waals surface area contributed by atoms with Gasteiger partial charge >= 0.3 is 5.97 Å². The fraction of sp³-hybridized carbons (Fsp3) is 0.727. The summed E-state index contributed by atoms with van der Waals surface area (Å²) < 4.78 is 0. The number of hydrogen-bond acceptors (Lipinski definition) is 5. The monoisotopic (exact) mass is 274 g/mol. The van der Waals surface area contributed by atoms with Gasteiger partial charge in [-0.15, -0.1) is 0 Å². The van der Waals surface area contributed by atoms with Crippen LogP contribution in [0.3, 0.4) is 0 Å². The van der Waals surface area contributed by atoms with Crippen LogP contribution in [0.5, 0.6) is 0 Å². The Morgan fingerprint density at radius 1 is 1.05 bits per heavy atom. The summed E-state index contributed by atoms with van der Waals surface area (Å²) in [4.78, 5) is 32.4. The van der Waals surface area contributed by atoms with E-state index in [1.165, 1.54) is 0 Å². The van der Waals surface area contributed by atoms with Crippen LogP contribution in [0.25, 0.3) is 0 Å². The van der Waals surface area contributed by atoms with Gasteiger partial charge in [0.25, 0.3) is 0 Å². The van der Waals surface area contributed by atoms with Crippen LogP contribution in [0.4, 0.5) is 0 Å². The number of nitrogens with two attached hydrogens (primary N) is 3. The third-order valence-corrected chi connectivity index (χ3v) is 2.60. The van der Waals surface area contributed by atoms with E-state index in [-0.39, 0.29) is 18.7 Å². The summed E-state index contributed by atoms with van der Waals surface area (Å²) >= 11 is 0. The first-order valence-corrected chi connectivity index (χ1v) is 6.14. The summed E-state index contributed by atoms with van der Waals surface area (Å²) in [6, 6.07) is -1.62. The molecule has 0 aromatic carbocycles. The third-order valence-electron chi connectivity index (χ3n) is 2.60. The molecular formula is C11H22N4O4. The zero-order chi connectivity index (χ0) is 14.8. The highest BCUT2D eigenvalue weighted by molar-refractivity contribution is 5.82. The van der Waals surface area contributed by atoms with Crippen molar-refractivity contribution < 1.29 is 19.5 Å². The first-order valence-electron chi connectivity index (χ1n) is 6.14. The lowest BCUT2D eigenvalue weighted by Crippen LogP contribution is -2.41. The molecule has 0 rings (SSSR count). The molecule has 8 N–H and O–H groups in total. The van der Waals surface area contributed by atoms with E-state index in [0.717, 1.165) is 0 Å². The minimum atomic E-state index is -1.03. The second-order valence-electron chi connectivity index (χ2n) is 4.34. The Bertz CT molecular complexity index is 322. The Kier molecular flexibility index (Phi) is 8.47. The number of nitrogens with one attached hydrogen (secondary N) is 1. The molecule has 2 unspecified atom stereocenters. The molecule has 0 radical (unpaired) electrons. The second-order valence-corrected chi connectivity index (χ2v) is 4.34. The lowest BCUT2D eigenvalue weighted by molar-refractivity contribution is -0.138. The molecular weight excluding hydrogens is 252 g/mol. The molecule has 0 heterocycles. The molecule has 110 valence electrons. The smallest absolute Gasteiger partial charge is 0.320 e. The quantitative estimate of drug-likeness (QED) is 0.297. The molecule has 0 fully saturated rings. The highest BCUT2D eigenvalue weighted by atomic mass is 16.4. The maximum Gasteiger partial charge on any atom is 0.320 e. The standard InChI is InChI=1S/C11H22N4O4/c12-7(4-5-9(14)16)10(17)15-6-2-1-3-8(13)11(18)19/h7-8H,1-6,12-13H2,(H2,14,16)(H,15,17)(H,18,19). The average molecular weight is 274 g/mol. The van der Waals surface area contributed by atoms with Crippen LogP contribution in [-0.4, -0.2) is 41.5 Å². The van der Waals surface area contributed by atoms with Gasteiger partial charge in [0.1, 0.15) is 6.04 Å². The fourth-order valence-corrected chi connectivity index (χ4v) is 1.38. The summed E-state index contributed by atoms with van der Waals surface area (Å²) in [6.45, 7) is 0.398. The first-order chi connectivity index (χ1) is 8.84. The van der Waals surface area contributed by atoms with Crippen molar-refractivity contribution >= 4 is 17.8 Å². The molecule has 0 spiro atoms. The van der Waals surface area contributed by atoms with Gasteiger partial charge in [-0.1, -0.05) is 0 Å². The Labute approximate surface area is 111 Å². The Hall–Kier alpha value is -1.67. The average Bonchev–Trinajstić information content (AvgIpc) is 2.34. The van der Waals surface area contributed by atoms with Crippen molar-refractivity contribution in [2.45, 2.75) is 44.2 Å². The van der Waals surface area contributed by atoms with Crippen LogP contribution in [0.1, 0.15) is 32.1 Å². The van der Waals surface area contributed by atoms with Gasteiger partial charge in [0, 0.05) is 13.0 Å². The van der Waals surface area contributed by atoms with Crippen molar-refractivity contribution in [3.8, 4) is 0 Å². The summed E-state index contributed by atoms with van der Waals surface area (Å²) in [7, 11) is 0. The molecule has 0 bridgehead atoms. The van der Waals surface area contributed by atoms with E-state index in [2.05, 4.69) is 5.32 Å². The van der Waals surface area contributed by atoms with Crippen LogP contribution in [0.2, 0.25) is 0 Å². The van der Waals surface area contributed by atoms with Gasteiger partial charge in [-0.2, -0.15) is 0 Å². The Morgan fingerprint density at radius 2 is 1.68 bits per heavy atom. The van der Waals surface area contributed by atoms with Gasteiger partial charge in [-0.05, 0) is 25.7 Å². The fourth-order valence-electron chi connectivity index (χ4n) is 1.38. The minimum Gasteiger partial charge on any atom is -0.480 e. The van der Waals surface area contributed by atoms with Crippen LogP contribution < -0.4 is 22.5 Å². The molecule has 0 aromatic heterocycles. The van der Waals surface area contributed by atoms with E-state index in [4.69, 9.17) is 22.3 Å². The van der Waals surface area contributed by atoms with E-state index < -0.39 is 24.0 Å². The molecule has 0 saturated heterocycles. The van der Waals surface area contributed by atoms with Crippen molar-refractivity contribution in [3.63, 3.8) is 0 Å². The van der Waals surface area contributed by atoms with Gasteiger partial charge in [0.2, 0.25) is 11.8 Å². The zero-order valence-electron chi connectivity index (χ0n) is 10.8. The molecule has 0 aliphatic heterocycles. The minimum absolute atomic E-state index is 0.0715. The van der Waals surface area contributed by atoms with Crippen molar-refractivity contribution in [1.82, 2.24) is 5.32 Å². The predicted octanol–water partition coefficient (Wildman–Crippen LogP) is -1.72. The summed E-state index contributed by atoms with van der Waals surface area (Å²) in [6.07, 6.45) is 1.87. The lowest BCUT2D eigenvalue weighted by atomic mass is 10.1. The van der Waals surface area contributed by atoms with E-state index in [0.29, 0.717) is 25.8 Å². The zero-order valence-corrected chi connectivity index (χ0v) is 10.8. The number of carboxylic acid groups (broad SMARTS) is 1. The number of unbranched alkanes of at least 4 members (excludes halogenated alkanes) is 1. The Morgan fingerprint density at radius 3 is 2.21 bits per heavy atom. The van der Waals surface area contributed by atoms with E-state index in [1.807, 2.05) is 0 Å². The highest BCUT2D eigenvalue weighted by Gasteiger charge is 2.14. The number of aliphatic carboxylic acids is 1. The Balaban J connectivity index is 3.63. The number of carbonyl (C=O) groups is 3. The summed E-state index contributed by atoms with van der Waals surface area (Å²) in [5.74, 6) is -1.87. The SMILES string of the molecule is NC(=O)CCC(N)C(=O)NCCCCC(N)C(=O)O.